The van der Waals surface area contributed by atoms with Crippen molar-refractivity contribution in [2.24, 2.45) is 0 Å². The summed E-state index contributed by atoms with van der Waals surface area (Å²) in [5.41, 5.74) is -0.236. The van der Waals surface area contributed by atoms with Crippen LogP contribution in [-0.2, 0) is 24.4 Å². The number of esters is 1. The Bertz CT molecular complexity index is 452. The number of aliphatic carboxylic acids is 1. The molecule has 0 atom stereocenters. The summed E-state index contributed by atoms with van der Waals surface area (Å²) in [5, 5.41) is 10.4. The van der Waals surface area contributed by atoms with Crippen LogP contribution in [0.1, 0.15) is 12.8 Å². The van der Waals surface area contributed by atoms with Gasteiger partial charge in [-0.3, -0.25) is 4.55 Å². The van der Waals surface area contributed by atoms with Crippen molar-refractivity contribution >= 4 is 22.1 Å². The molecule has 0 radical (unpaired) electrons. The summed E-state index contributed by atoms with van der Waals surface area (Å²) in [7, 11) is -4.15. The van der Waals surface area contributed by atoms with Crippen LogP contribution in [0.3, 0.4) is 0 Å². The predicted molar refractivity (Wildman–Crippen MR) is 59.9 cm³/mol. The first-order valence-corrected chi connectivity index (χ1v) is 6.52. The molecule has 0 amide bonds. The molecule has 0 unspecified atom stereocenters. The fraction of sp³-hybridized carbons (Fsp3) is 0.400. The number of hydrogen-bond acceptors (Lipinski definition) is 6. The molecule has 0 saturated carbocycles. The van der Waals surface area contributed by atoms with Crippen LogP contribution in [0.15, 0.2) is 24.3 Å². The Labute approximate surface area is 133 Å². The van der Waals surface area contributed by atoms with Gasteiger partial charge in [-0.25, -0.2) is 4.79 Å². The summed E-state index contributed by atoms with van der Waals surface area (Å²) >= 11 is 0. The standard InChI is InChI=1S/C10H14O7S.Na/c1-2-5-17-10(13)8(7-9(11)12)4-3-6-18(14,15)16;/h2,7H,1,3-6H2,(H,11,12)(H,14,15,16);/q;+1/p-1. The SMILES string of the molecule is C=CCOC(=O)C(=CC(=O)[O-])CCCS(=O)(=O)O.[Na+]. The van der Waals surface area contributed by atoms with Gasteiger partial charge in [0.15, 0.2) is 0 Å². The molecule has 7 nitrogen and oxygen atoms in total. The molecule has 0 aliphatic carbocycles. The normalized spacial score (nSPS) is 11.3. The molecule has 9 heteroatoms. The van der Waals surface area contributed by atoms with E-state index in [9.17, 15) is 23.1 Å². The first-order chi connectivity index (χ1) is 8.26. The maximum Gasteiger partial charge on any atom is 1.00 e. The van der Waals surface area contributed by atoms with Gasteiger partial charge in [0.1, 0.15) is 6.61 Å². The van der Waals surface area contributed by atoms with Gasteiger partial charge >= 0.3 is 35.5 Å². The number of carboxylic acids is 1. The maximum absolute atomic E-state index is 11.4. The van der Waals surface area contributed by atoms with Crippen molar-refractivity contribution in [3.05, 3.63) is 24.3 Å². The average molecular weight is 300 g/mol. The molecule has 0 rings (SSSR count). The first-order valence-electron chi connectivity index (χ1n) is 4.91. The van der Waals surface area contributed by atoms with Gasteiger partial charge in [0, 0.05) is 5.57 Å². The molecule has 0 spiro atoms. The maximum atomic E-state index is 11.4. The van der Waals surface area contributed by atoms with Crippen LogP contribution >= 0.6 is 0 Å². The Morgan fingerprint density at radius 1 is 1.37 bits per heavy atom. The molecule has 0 aromatic rings. The van der Waals surface area contributed by atoms with Crippen molar-refractivity contribution < 1.29 is 62.0 Å². The third-order valence-corrected chi connectivity index (χ3v) is 2.54. The van der Waals surface area contributed by atoms with E-state index in [4.69, 9.17) is 4.55 Å². The Hall–Kier alpha value is -0.670. The number of rotatable bonds is 8. The van der Waals surface area contributed by atoms with E-state index in [0.29, 0.717) is 6.08 Å². The van der Waals surface area contributed by atoms with Crippen LogP contribution in [0.2, 0.25) is 0 Å². The fourth-order valence-corrected chi connectivity index (χ4v) is 1.56. The number of carbonyl (C=O) groups excluding carboxylic acids is 2. The van der Waals surface area contributed by atoms with E-state index in [1.165, 1.54) is 6.08 Å². The fourth-order valence-electron chi connectivity index (χ4n) is 1.05. The summed E-state index contributed by atoms with van der Waals surface area (Å²) < 4.78 is 34.0. The summed E-state index contributed by atoms with van der Waals surface area (Å²) in [6, 6.07) is 0. The monoisotopic (exact) mass is 300 g/mol. The molecule has 102 valence electrons. The molecule has 19 heavy (non-hydrogen) atoms. The van der Waals surface area contributed by atoms with Crippen LogP contribution in [0.25, 0.3) is 0 Å². The van der Waals surface area contributed by atoms with Gasteiger partial charge in [0.25, 0.3) is 10.1 Å². The average Bonchev–Trinajstić information content (AvgIpc) is 2.22. The minimum Gasteiger partial charge on any atom is -0.545 e. The second kappa shape index (κ2) is 10.2. The van der Waals surface area contributed by atoms with Gasteiger partial charge in [-0.1, -0.05) is 12.7 Å². The molecule has 0 heterocycles. The van der Waals surface area contributed by atoms with Crippen molar-refractivity contribution in [1.82, 2.24) is 0 Å². The zero-order valence-electron chi connectivity index (χ0n) is 10.5. The molecule has 0 bridgehead atoms. The van der Waals surface area contributed by atoms with E-state index in [0.717, 1.165) is 0 Å². The van der Waals surface area contributed by atoms with Crippen molar-refractivity contribution in [3.8, 4) is 0 Å². The quantitative estimate of drug-likeness (QED) is 0.160. The summed E-state index contributed by atoms with van der Waals surface area (Å²) in [6.45, 7) is 3.21. The second-order valence-corrected chi connectivity index (χ2v) is 4.84. The van der Waals surface area contributed by atoms with Gasteiger partial charge in [-0.05, 0) is 18.9 Å². The van der Waals surface area contributed by atoms with Crippen LogP contribution in [0.5, 0.6) is 0 Å². The Balaban J connectivity index is 0. The minimum absolute atomic E-state index is 0. The van der Waals surface area contributed by atoms with Gasteiger partial charge < -0.3 is 14.6 Å². The van der Waals surface area contributed by atoms with Crippen LogP contribution in [-0.4, -0.2) is 37.3 Å². The van der Waals surface area contributed by atoms with E-state index >= 15 is 0 Å². The Morgan fingerprint density at radius 2 is 1.95 bits per heavy atom. The van der Waals surface area contributed by atoms with E-state index in [1.54, 1.807) is 0 Å². The Morgan fingerprint density at radius 3 is 2.37 bits per heavy atom. The summed E-state index contributed by atoms with van der Waals surface area (Å²) in [4.78, 5) is 21.7. The van der Waals surface area contributed by atoms with Gasteiger partial charge in [-0.2, -0.15) is 8.42 Å². The van der Waals surface area contributed by atoms with Crippen molar-refractivity contribution in [1.29, 1.82) is 0 Å². The topological polar surface area (TPSA) is 121 Å². The third kappa shape index (κ3) is 12.1. The molecular weight excluding hydrogens is 287 g/mol. The molecule has 0 aromatic carbocycles. The largest absolute Gasteiger partial charge is 1.00 e. The smallest absolute Gasteiger partial charge is 0.545 e. The number of ether oxygens (including phenoxy) is 1. The molecule has 0 aromatic heterocycles. The van der Waals surface area contributed by atoms with Crippen molar-refractivity contribution in [2.45, 2.75) is 12.8 Å². The molecule has 1 N–H and O–H groups in total. The predicted octanol–water partition coefficient (Wildman–Crippen LogP) is -3.94. The second-order valence-electron chi connectivity index (χ2n) is 3.27. The van der Waals surface area contributed by atoms with Crippen molar-refractivity contribution in [3.63, 3.8) is 0 Å². The van der Waals surface area contributed by atoms with E-state index in [1.807, 2.05) is 0 Å². The van der Waals surface area contributed by atoms with Gasteiger partial charge in [0.05, 0.1) is 11.7 Å². The van der Waals surface area contributed by atoms with Gasteiger partial charge in [0.2, 0.25) is 0 Å². The molecule has 0 aliphatic rings. The number of carbonyl (C=O) groups is 2. The van der Waals surface area contributed by atoms with E-state index in [-0.39, 0.29) is 54.6 Å². The molecule has 0 aliphatic heterocycles. The van der Waals surface area contributed by atoms with Crippen LogP contribution in [0.4, 0.5) is 0 Å². The first kappa shape index (κ1) is 20.6. The van der Waals surface area contributed by atoms with Crippen LogP contribution < -0.4 is 34.7 Å². The summed E-state index contributed by atoms with van der Waals surface area (Å²) in [6.07, 6.45) is 1.56. The molecule has 0 fully saturated rings. The van der Waals surface area contributed by atoms with E-state index < -0.39 is 27.8 Å². The summed E-state index contributed by atoms with van der Waals surface area (Å²) in [5.74, 6) is -3.06. The minimum atomic E-state index is -4.15. The molecular formula is C10H13NaO7S. The zero-order chi connectivity index (χ0) is 14.2. The molecule has 0 saturated heterocycles. The number of carboxylic acid groups (broad SMARTS) is 1. The zero-order valence-corrected chi connectivity index (χ0v) is 13.3. The number of hydrogen-bond donors (Lipinski definition) is 1. The van der Waals surface area contributed by atoms with Gasteiger partial charge in [-0.15, -0.1) is 0 Å². The van der Waals surface area contributed by atoms with Crippen molar-refractivity contribution in [2.75, 3.05) is 12.4 Å². The van der Waals surface area contributed by atoms with E-state index in [2.05, 4.69) is 11.3 Å². The third-order valence-electron chi connectivity index (χ3n) is 1.73. The Kier molecular flexibility index (Phi) is 11.0. The van der Waals surface area contributed by atoms with Crippen LogP contribution in [0, 0.1) is 0 Å².